The molecule has 24 heavy (non-hydrogen) atoms. The molecule has 2 heterocycles. The van der Waals surface area contributed by atoms with Crippen molar-refractivity contribution < 1.29 is 14.4 Å². The predicted octanol–water partition coefficient (Wildman–Crippen LogP) is 2.75. The lowest BCUT2D eigenvalue weighted by molar-refractivity contribution is -0.149. The minimum absolute atomic E-state index is 0.112. The van der Waals surface area contributed by atoms with Gasteiger partial charge in [0, 0.05) is 25.2 Å². The van der Waals surface area contributed by atoms with Gasteiger partial charge in [-0.1, -0.05) is 39.5 Å². The molecule has 1 unspecified atom stereocenters. The molecule has 0 saturated carbocycles. The molecule has 1 fully saturated rings. The zero-order valence-corrected chi connectivity index (χ0v) is 15.2. The van der Waals surface area contributed by atoms with E-state index in [1.54, 1.807) is 6.92 Å². The van der Waals surface area contributed by atoms with Gasteiger partial charge in [0.2, 0.25) is 5.91 Å². The molecular weight excluding hydrogens is 304 g/mol. The van der Waals surface area contributed by atoms with Gasteiger partial charge in [0.15, 0.2) is 0 Å². The first-order chi connectivity index (χ1) is 11.4. The molecule has 2 aliphatic rings. The van der Waals surface area contributed by atoms with Gasteiger partial charge in [-0.2, -0.15) is 0 Å². The summed E-state index contributed by atoms with van der Waals surface area (Å²) in [4.78, 5) is 38.9. The molecule has 1 saturated heterocycles. The Balaban J connectivity index is 1.74. The molecular formula is C19H30N2O3. The highest BCUT2D eigenvalue weighted by Gasteiger charge is 2.35. The molecule has 0 aromatic rings. The van der Waals surface area contributed by atoms with Crippen LogP contribution in [0.2, 0.25) is 0 Å². The number of likely N-dealkylation sites (tertiary alicyclic amines) is 1. The van der Waals surface area contributed by atoms with E-state index in [0.29, 0.717) is 5.92 Å². The van der Waals surface area contributed by atoms with Gasteiger partial charge in [-0.25, -0.2) is 0 Å². The lowest BCUT2D eigenvalue weighted by Gasteiger charge is -2.35. The average Bonchev–Trinajstić information content (AvgIpc) is 2.89. The summed E-state index contributed by atoms with van der Waals surface area (Å²) in [7, 11) is 0. The number of hydrogen-bond acceptors (Lipinski definition) is 3. The van der Waals surface area contributed by atoms with Crippen LogP contribution in [0, 0.1) is 11.8 Å². The van der Waals surface area contributed by atoms with Crippen LogP contribution in [0.4, 0.5) is 0 Å². The summed E-state index contributed by atoms with van der Waals surface area (Å²) in [5.74, 6) is 0.588. The van der Waals surface area contributed by atoms with E-state index in [0.717, 1.165) is 36.7 Å². The smallest absolute Gasteiger partial charge is 0.254 e. The van der Waals surface area contributed by atoms with Gasteiger partial charge in [0.25, 0.3) is 11.8 Å². The zero-order chi connectivity index (χ0) is 17.7. The number of nitrogens with zero attached hydrogens (tertiary/aromatic N) is 2. The number of imide groups is 1. The summed E-state index contributed by atoms with van der Waals surface area (Å²) >= 11 is 0. The summed E-state index contributed by atoms with van der Waals surface area (Å²) in [6, 6.07) is -0.706. The van der Waals surface area contributed by atoms with Gasteiger partial charge in [-0.15, -0.1) is 0 Å². The Hall–Kier alpha value is -1.65. The number of hydrogen-bond donors (Lipinski definition) is 0. The molecule has 134 valence electrons. The molecule has 0 bridgehead atoms. The molecule has 0 aliphatic carbocycles. The molecule has 0 spiro atoms. The van der Waals surface area contributed by atoms with Crippen LogP contribution in [-0.2, 0) is 14.4 Å². The fourth-order valence-corrected chi connectivity index (χ4v) is 3.60. The summed E-state index contributed by atoms with van der Waals surface area (Å²) in [6.45, 7) is 7.64. The van der Waals surface area contributed by atoms with Crippen LogP contribution < -0.4 is 0 Å². The topological polar surface area (TPSA) is 57.7 Å². The summed E-state index contributed by atoms with van der Waals surface area (Å²) < 4.78 is 0. The molecule has 2 rings (SSSR count). The van der Waals surface area contributed by atoms with E-state index in [4.69, 9.17) is 0 Å². The van der Waals surface area contributed by atoms with Gasteiger partial charge < -0.3 is 4.90 Å². The van der Waals surface area contributed by atoms with Crippen molar-refractivity contribution in [2.45, 2.75) is 65.3 Å². The van der Waals surface area contributed by atoms with Crippen molar-refractivity contribution in [3.05, 3.63) is 12.2 Å². The van der Waals surface area contributed by atoms with E-state index in [9.17, 15) is 14.4 Å². The second-order valence-electron chi connectivity index (χ2n) is 7.50. The third-order valence-corrected chi connectivity index (χ3v) is 5.16. The highest BCUT2D eigenvalue weighted by atomic mass is 16.2. The fourth-order valence-electron chi connectivity index (χ4n) is 3.60. The summed E-state index contributed by atoms with van der Waals surface area (Å²) in [5, 5.41) is 0. The standard InChI is InChI=1S/C19H30N2O3/c1-14(2)6-4-5-7-16-10-12-20(13-11-16)19(24)15(3)21-17(22)8-9-18(21)23/h8-9,14-16H,4-7,10-13H2,1-3H3. The van der Waals surface area contributed by atoms with Crippen molar-refractivity contribution in [1.82, 2.24) is 9.80 Å². The minimum atomic E-state index is -0.706. The van der Waals surface area contributed by atoms with Crippen LogP contribution in [0.25, 0.3) is 0 Å². The number of carbonyl (C=O) groups is 3. The lowest BCUT2D eigenvalue weighted by atomic mass is 9.90. The molecule has 1 atom stereocenters. The van der Waals surface area contributed by atoms with Crippen LogP contribution in [-0.4, -0.2) is 46.7 Å². The maximum absolute atomic E-state index is 12.6. The molecule has 5 heteroatoms. The number of piperidine rings is 1. The normalized spacial score (nSPS) is 20.3. The highest BCUT2D eigenvalue weighted by molar-refractivity contribution is 6.15. The number of carbonyl (C=O) groups excluding carboxylic acids is 3. The van der Waals surface area contributed by atoms with Crippen LogP contribution in [0.5, 0.6) is 0 Å². The molecule has 3 amide bonds. The SMILES string of the molecule is CC(C)CCCCC1CCN(C(=O)C(C)N2C(=O)C=CC2=O)CC1. The number of unbranched alkanes of at least 4 members (excludes halogenated alkanes) is 1. The van der Waals surface area contributed by atoms with Crippen molar-refractivity contribution in [3.63, 3.8) is 0 Å². The predicted molar refractivity (Wildman–Crippen MR) is 93.1 cm³/mol. The molecule has 0 radical (unpaired) electrons. The quantitative estimate of drug-likeness (QED) is 0.531. The molecule has 0 aromatic carbocycles. The van der Waals surface area contributed by atoms with Crippen LogP contribution in [0.15, 0.2) is 12.2 Å². The van der Waals surface area contributed by atoms with Crippen LogP contribution >= 0.6 is 0 Å². The Labute approximate surface area is 145 Å². The third-order valence-electron chi connectivity index (χ3n) is 5.16. The Bertz CT molecular complexity index is 487. The second-order valence-corrected chi connectivity index (χ2v) is 7.50. The first-order valence-electron chi connectivity index (χ1n) is 9.24. The van der Waals surface area contributed by atoms with Gasteiger partial charge in [0.1, 0.15) is 6.04 Å². The number of rotatable bonds is 7. The summed E-state index contributed by atoms with van der Waals surface area (Å²) in [5.41, 5.74) is 0. The van der Waals surface area contributed by atoms with E-state index in [1.807, 2.05) is 4.90 Å². The largest absolute Gasteiger partial charge is 0.341 e. The van der Waals surface area contributed by atoms with E-state index >= 15 is 0 Å². The van der Waals surface area contributed by atoms with Gasteiger partial charge >= 0.3 is 0 Å². The summed E-state index contributed by atoms with van der Waals surface area (Å²) in [6.07, 6.45) is 9.62. The van der Waals surface area contributed by atoms with Crippen molar-refractivity contribution in [1.29, 1.82) is 0 Å². The maximum atomic E-state index is 12.6. The lowest BCUT2D eigenvalue weighted by Crippen LogP contribution is -2.51. The van der Waals surface area contributed by atoms with Gasteiger partial charge in [0.05, 0.1) is 0 Å². The Morgan fingerprint density at radius 2 is 1.67 bits per heavy atom. The van der Waals surface area contributed by atoms with Gasteiger partial charge in [-0.3, -0.25) is 19.3 Å². The first kappa shape index (κ1) is 18.7. The van der Waals surface area contributed by atoms with Crippen LogP contribution in [0.1, 0.15) is 59.3 Å². The average molecular weight is 334 g/mol. The number of amides is 3. The van der Waals surface area contributed by atoms with Crippen molar-refractivity contribution in [2.24, 2.45) is 11.8 Å². The molecule has 5 nitrogen and oxygen atoms in total. The van der Waals surface area contributed by atoms with Crippen LogP contribution in [0.3, 0.4) is 0 Å². The third kappa shape index (κ3) is 4.68. The molecule has 0 N–H and O–H groups in total. The van der Waals surface area contributed by atoms with E-state index in [-0.39, 0.29) is 17.7 Å². The van der Waals surface area contributed by atoms with E-state index < -0.39 is 6.04 Å². The zero-order valence-electron chi connectivity index (χ0n) is 15.2. The van der Waals surface area contributed by atoms with Crippen molar-refractivity contribution >= 4 is 17.7 Å². The Morgan fingerprint density at radius 3 is 2.21 bits per heavy atom. The van der Waals surface area contributed by atoms with Gasteiger partial charge in [-0.05, 0) is 31.6 Å². The first-order valence-corrected chi connectivity index (χ1v) is 9.24. The fraction of sp³-hybridized carbons (Fsp3) is 0.737. The molecule has 2 aliphatic heterocycles. The van der Waals surface area contributed by atoms with Crippen molar-refractivity contribution in [2.75, 3.05) is 13.1 Å². The maximum Gasteiger partial charge on any atom is 0.254 e. The monoisotopic (exact) mass is 334 g/mol. The second kappa shape index (κ2) is 8.45. The Kier molecular flexibility index (Phi) is 6.58. The Morgan fingerprint density at radius 1 is 1.08 bits per heavy atom. The highest BCUT2D eigenvalue weighted by Crippen LogP contribution is 2.24. The van der Waals surface area contributed by atoms with Crippen molar-refractivity contribution in [3.8, 4) is 0 Å². The minimum Gasteiger partial charge on any atom is -0.341 e. The van der Waals surface area contributed by atoms with E-state index in [1.165, 1.54) is 37.8 Å². The van der Waals surface area contributed by atoms with E-state index in [2.05, 4.69) is 13.8 Å². The molecule has 0 aromatic heterocycles.